The largest absolute Gasteiger partial charge is 0.369 e. The zero-order valence-electron chi connectivity index (χ0n) is 14.8. The van der Waals surface area contributed by atoms with Crippen molar-refractivity contribution in [2.75, 3.05) is 5.32 Å². The normalized spacial score (nSPS) is 10.9. The maximum Gasteiger partial charge on any atom is 0.257 e. The number of anilines is 1. The molecule has 2 aromatic carbocycles. The highest BCUT2D eigenvalue weighted by Gasteiger charge is 2.11. The third-order valence-electron chi connectivity index (χ3n) is 4.22. The van der Waals surface area contributed by atoms with Crippen LogP contribution in [0.3, 0.4) is 0 Å². The van der Waals surface area contributed by atoms with E-state index < -0.39 is 5.91 Å². The summed E-state index contributed by atoms with van der Waals surface area (Å²) in [6, 6.07) is 15.4. The Morgan fingerprint density at radius 2 is 1.89 bits per heavy atom. The Kier molecular flexibility index (Phi) is 4.86. The minimum atomic E-state index is -0.454. The lowest BCUT2D eigenvalue weighted by Gasteiger charge is -2.06. The van der Waals surface area contributed by atoms with Gasteiger partial charge < -0.3 is 10.3 Å². The average Bonchev–Trinajstić information content (AvgIpc) is 3.29. The Bertz CT molecular complexity index is 1150. The first-order valence-corrected chi connectivity index (χ1v) is 9.49. The predicted octanol–water partition coefficient (Wildman–Crippen LogP) is 2.82. The van der Waals surface area contributed by atoms with Crippen LogP contribution in [0.5, 0.6) is 0 Å². The molecule has 0 atom stereocenters. The summed E-state index contributed by atoms with van der Waals surface area (Å²) in [6.07, 6.45) is 1.88. The Morgan fingerprint density at radius 3 is 2.68 bits per heavy atom. The minimum absolute atomic E-state index is 0.0595. The molecule has 0 aliphatic rings. The molecule has 0 fully saturated rings. The van der Waals surface area contributed by atoms with E-state index in [0.717, 1.165) is 16.6 Å². The number of thiazole rings is 1. The lowest BCUT2D eigenvalue weighted by Crippen LogP contribution is -2.14. The molecule has 2 aromatic heterocycles. The van der Waals surface area contributed by atoms with Crippen molar-refractivity contribution < 1.29 is 9.59 Å². The number of primary amides is 1. The van der Waals surface area contributed by atoms with Gasteiger partial charge in [-0.1, -0.05) is 24.3 Å². The molecular weight excluding hydrogens is 374 g/mol. The first-order valence-electron chi connectivity index (χ1n) is 8.61. The van der Waals surface area contributed by atoms with Crippen molar-refractivity contribution in [3.63, 3.8) is 0 Å². The number of amides is 2. The van der Waals surface area contributed by atoms with E-state index in [1.165, 1.54) is 11.3 Å². The van der Waals surface area contributed by atoms with E-state index in [4.69, 9.17) is 5.73 Å². The van der Waals surface area contributed by atoms with Crippen LogP contribution < -0.4 is 11.1 Å². The van der Waals surface area contributed by atoms with Crippen molar-refractivity contribution in [2.24, 2.45) is 5.73 Å². The third kappa shape index (κ3) is 3.91. The number of hydrogen-bond acceptors (Lipinski definition) is 5. The van der Waals surface area contributed by atoms with Gasteiger partial charge in [0.25, 0.3) is 5.91 Å². The number of carbonyl (C=O) groups excluding carboxylic acids is 2. The number of rotatable bonds is 6. The highest BCUT2D eigenvalue weighted by atomic mass is 32.1. The van der Waals surface area contributed by atoms with Gasteiger partial charge in [0.1, 0.15) is 0 Å². The molecule has 0 saturated carbocycles. The maximum absolute atomic E-state index is 12.4. The lowest BCUT2D eigenvalue weighted by molar-refractivity contribution is -0.117. The Labute approximate surface area is 164 Å². The number of aromatic nitrogens is 3. The lowest BCUT2D eigenvalue weighted by atomic mass is 10.1. The highest BCUT2D eigenvalue weighted by Crippen LogP contribution is 2.18. The Morgan fingerprint density at radius 1 is 1.11 bits per heavy atom. The van der Waals surface area contributed by atoms with Crippen molar-refractivity contribution in [2.45, 2.75) is 13.0 Å². The number of benzene rings is 2. The van der Waals surface area contributed by atoms with Crippen molar-refractivity contribution >= 4 is 39.3 Å². The molecule has 4 rings (SSSR count). The summed E-state index contributed by atoms with van der Waals surface area (Å²) >= 11 is 1.26. The maximum atomic E-state index is 12.4. The second-order valence-corrected chi connectivity index (χ2v) is 7.16. The van der Waals surface area contributed by atoms with Crippen molar-refractivity contribution in [3.8, 4) is 0 Å². The van der Waals surface area contributed by atoms with Crippen LogP contribution in [0.15, 0.2) is 60.2 Å². The Hall–Kier alpha value is -3.52. The topological polar surface area (TPSA) is 103 Å². The quantitative estimate of drug-likeness (QED) is 0.527. The second kappa shape index (κ2) is 7.61. The van der Waals surface area contributed by atoms with Crippen LogP contribution in [0.4, 0.5) is 5.13 Å². The monoisotopic (exact) mass is 391 g/mol. The van der Waals surface area contributed by atoms with E-state index in [-0.39, 0.29) is 12.3 Å². The fourth-order valence-corrected chi connectivity index (χ4v) is 3.59. The van der Waals surface area contributed by atoms with Gasteiger partial charge in [0.2, 0.25) is 5.91 Å². The number of nitrogens with one attached hydrogen (secondary N) is 1. The first-order chi connectivity index (χ1) is 13.6. The van der Waals surface area contributed by atoms with Crippen LogP contribution in [0, 0.1) is 0 Å². The van der Waals surface area contributed by atoms with Gasteiger partial charge in [-0.15, -0.1) is 11.3 Å². The molecular formula is C20H17N5O2S. The number of imidazole rings is 1. The standard InChI is InChI=1S/C20H17N5O2S/c21-18(26)9-15-11-28-20(23-15)24-19(27)14-7-5-13(6-8-14)10-25-12-22-16-3-1-2-4-17(16)25/h1-8,11-12H,9-10H2,(H2,21,26)(H,23,24,27). The summed E-state index contributed by atoms with van der Waals surface area (Å²) in [6.45, 7) is 0.672. The predicted molar refractivity (Wildman–Crippen MR) is 108 cm³/mol. The number of nitrogens with two attached hydrogens (primary N) is 1. The number of para-hydroxylation sites is 2. The fraction of sp³-hybridized carbons (Fsp3) is 0.100. The van der Waals surface area contributed by atoms with Crippen molar-refractivity contribution in [1.82, 2.24) is 14.5 Å². The van der Waals surface area contributed by atoms with Crippen LogP contribution in [0.2, 0.25) is 0 Å². The van der Waals surface area contributed by atoms with E-state index in [9.17, 15) is 9.59 Å². The van der Waals surface area contributed by atoms with Gasteiger partial charge in [-0.05, 0) is 29.8 Å². The summed E-state index contributed by atoms with van der Waals surface area (Å²) in [7, 11) is 0. The zero-order chi connectivity index (χ0) is 19.5. The van der Waals surface area contributed by atoms with Gasteiger partial charge in [0.05, 0.1) is 29.5 Å². The van der Waals surface area contributed by atoms with Crippen molar-refractivity contribution in [3.05, 3.63) is 77.1 Å². The van der Waals surface area contributed by atoms with Gasteiger partial charge in [-0.3, -0.25) is 14.9 Å². The van der Waals surface area contributed by atoms with Gasteiger partial charge in [-0.2, -0.15) is 0 Å². The second-order valence-electron chi connectivity index (χ2n) is 6.30. The van der Waals surface area contributed by atoms with Crippen LogP contribution in [-0.4, -0.2) is 26.3 Å². The minimum Gasteiger partial charge on any atom is -0.369 e. The molecule has 0 unspecified atom stereocenters. The molecule has 0 aliphatic carbocycles. The summed E-state index contributed by atoms with van der Waals surface area (Å²) in [4.78, 5) is 31.9. The molecule has 0 aliphatic heterocycles. The molecule has 0 spiro atoms. The van der Waals surface area contributed by atoms with Crippen LogP contribution in [0.1, 0.15) is 21.6 Å². The van der Waals surface area contributed by atoms with Crippen LogP contribution in [-0.2, 0) is 17.8 Å². The molecule has 28 heavy (non-hydrogen) atoms. The third-order valence-corrected chi connectivity index (χ3v) is 5.03. The van der Waals surface area contributed by atoms with Crippen LogP contribution >= 0.6 is 11.3 Å². The number of carbonyl (C=O) groups is 2. The van der Waals surface area contributed by atoms with E-state index in [1.807, 2.05) is 42.7 Å². The van der Waals surface area contributed by atoms with Gasteiger partial charge in [0, 0.05) is 17.5 Å². The molecule has 3 N–H and O–H groups in total. The Balaban J connectivity index is 1.43. The van der Waals surface area contributed by atoms with Gasteiger partial charge >= 0.3 is 0 Å². The van der Waals surface area contributed by atoms with E-state index in [1.54, 1.807) is 17.5 Å². The molecule has 0 saturated heterocycles. The fourth-order valence-electron chi connectivity index (χ4n) is 2.89. The zero-order valence-corrected chi connectivity index (χ0v) is 15.6. The summed E-state index contributed by atoms with van der Waals surface area (Å²) < 4.78 is 2.07. The van der Waals surface area contributed by atoms with Gasteiger partial charge in [0.15, 0.2) is 5.13 Å². The van der Waals surface area contributed by atoms with E-state index >= 15 is 0 Å². The molecule has 2 amide bonds. The van der Waals surface area contributed by atoms with Gasteiger partial charge in [-0.25, -0.2) is 9.97 Å². The van der Waals surface area contributed by atoms with E-state index in [2.05, 4.69) is 19.9 Å². The molecule has 0 radical (unpaired) electrons. The summed E-state index contributed by atoms with van der Waals surface area (Å²) in [5, 5.41) is 4.89. The SMILES string of the molecule is NC(=O)Cc1csc(NC(=O)c2ccc(Cn3cnc4ccccc43)cc2)n1. The molecule has 2 heterocycles. The summed E-state index contributed by atoms with van der Waals surface area (Å²) in [5.41, 5.74) is 9.33. The molecule has 7 nitrogen and oxygen atoms in total. The summed E-state index contributed by atoms with van der Waals surface area (Å²) in [5.74, 6) is -0.705. The average molecular weight is 391 g/mol. The van der Waals surface area contributed by atoms with E-state index in [0.29, 0.717) is 22.9 Å². The number of hydrogen-bond donors (Lipinski definition) is 2. The number of fused-ring (bicyclic) bond motifs is 1. The van der Waals surface area contributed by atoms with Crippen molar-refractivity contribution in [1.29, 1.82) is 0 Å². The molecule has 4 aromatic rings. The van der Waals surface area contributed by atoms with Crippen LogP contribution in [0.25, 0.3) is 11.0 Å². The molecule has 8 heteroatoms. The first kappa shape index (κ1) is 17.9. The molecule has 140 valence electrons. The smallest absolute Gasteiger partial charge is 0.257 e. The highest BCUT2D eigenvalue weighted by molar-refractivity contribution is 7.14. The molecule has 0 bridgehead atoms. The number of nitrogens with zero attached hydrogens (tertiary/aromatic N) is 3.